The van der Waals surface area contributed by atoms with Gasteiger partial charge in [-0.05, 0) is 18.7 Å². The lowest BCUT2D eigenvalue weighted by Crippen LogP contribution is -2.13. The van der Waals surface area contributed by atoms with Gasteiger partial charge in [-0.3, -0.25) is 0 Å². The largest absolute Gasteiger partial charge is 0.492 e. The Morgan fingerprint density at radius 1 is 1.22 bits per heavy atom. The molecule has 0 unspecified atom stereocenters. The zero-order valence-corrected chi connectivity index (χ0v) is 12.3. The lowest BCUT2D eigenvalue weighted by atomic mass is 10.2. The minimum atomic E-state index is 0.549. The molecule has 18 heavy (non-hydrogen) atoms. The fraction of sp³-hybridized carbons (Fsp3) is 0.538. The van der Waals surface area contributed by atoms with Gasteiger partial charge in [0.1, 0.15) is 5.75 Å². The van der Waals surface area contributed by atoms with Crippen LogP contribution < -0.4 is 10.1 Å². The summed E-state index contributed by atoms with van der Waals surface area (Å²) < 4.78 is 10.7. The molecule has 1 aromatic carbocycles. The highest BCUT2D eigenvalue weighted by Gasteiger charge is 2.10. The van der Waals surface area contributed by atoms with Crippen molar-refractivity contribution < 1.29 is 9.47 Å². The maximum Gasteiger partial charge on any atom is 0.142 e. The van der Waals surface area contributed by atoms with Crippen LogP contribution in [0, 0.1) is 0 Å². The first-order valence-corrected chi connectivity index (χ1v) is 6.75. The van der Waals surface area contributed by atoms with Crippen molar-refractivity contribution in [3.63, 3.8) is 0 Å². The molecular weight excluding hydrogens is 273 g/mol. The Hall–Kier alpha value is -0.480. The molecule has 0 amide bonds. The first kappa shape index (κ1) is 15.6. The van der Waals surface area contributed by atoms with Gasteiger partial charge in [0.25, 0.3) is 0 Å². The van der Waals surface area contributed by atoms with Crippen molar-refractivity contribution >= 4 is 23.2 Å². The molecule has 0 fully saturated rings. The predicted octanol–water partition coefficient (Wildman–Crippen LogP) is 3.52. The van der Waals surface area contributed by atoms with Crippen LogP contribution in [0.25, 0.3) is 0 Å². The molecule has 1 aromatic rings. The molecule has 0 heterocycles. The van der Waals surface area contributed by atoms with E-state index in [1.807, 2.05) is 13.0 Å². The van der Waals surface area contributed by atoms with Crippen LogP contribution in [0.15, 0.2) is 12.1 Å². The van der Waals surface area contributed by atoms with E-state index in [1.165, 1.54) is 0 Å². The van der Waals surface area contributed by atoms with E-state index in [4.69, 9.17) is 32.7 Å². The second kappa shape index (κ2) is 8.59. The van der Waals surface area contributed by atoms with E-state index in [0.717, 1.165) is 18.5 Å². The minimum Gasteiger partial charge on any atom is -0.492 e. The molecule has 0 saturated carbocycles. The zero-order valence-electron chi connectivity index (χ0n) is 10.8. The number of hydrogen-bond donors (Lipinski definition) is 1. The monoisotopic (exact) mass is 291 g/mol. The Balaban J connectivity index is 2.72. The van der Waals surface area contributed by atoms with Gasteiger partial charge >= 0.3 is 0 Å². The number of ether oxygens (including phenoxy) is 2. The van der Waals surface area contributed by atoms with E-state index < -0.39 is 0 Å². The van der Waals surface area contributed by atoms with Crippen LogP contribution in [-0.4, -0.2) is 26.9 Å². The molecule has 0 aliphatic carbocycles. The summed E-state index contributed by atoms with van der Waals surface area (Å²) in [6, 6.07) is 3.58. The van der Waals surface area contributed by atoms with E-state index in [-0.39, 0.29) is 0 Å². The second-order valence-electron chi connectivity index (χ2n) is 3.85. The molecule has 0 aliphatic heterocycles. The number of benzene rings is 1. The van der Waals surface area contributed by atoms with Crippen molar-refractivity contribution in [2.75, 3.05) is 26.9 Å². The molecule has 3 nitrogen and oxygen atoms in total. The summed E-state index contributed by atoms with van der Waals surface area (Å²) in [5.74, 6) is 0.707. The molecule has 0 aliphatic rings. The van der Waals surface area contributed by atoms with Gasteiger partial charge in [0.05, 0.1) is 11.6 Å². The fourth-order valence-corrected chi connectivity index (χ4v) is 2.13. The number of rotatable bonds is 8. The summed E-state index contributed by atoms with van der Waals surface area (Å²) in [6.07, 6.45) is 0.829. The summed E-state index contributed by atoms with van der Waals surface area (Å²) >= 11 is 12.2. The Kier molecular flexibility index (Phi) is 7.44. The Morgan fingerprint density at radius 3 is 2.67 bits per heavy atom. The molecule has 1 N–H and O–H groups in total. The van der Waals surface area contributed by atoms with Gasteiger partial charge in [0.2, 0.25) is 0 Å². The third-order valence-corrected chi connectivity index (χ3v) is 2.89. The lowest BCUT2D eigenvalue weighted by Gasteiger charge is -2.14. The van der Waals surface area contributed by atoms with Crippen LogP contribution in [-0.2, 0) is 11.3 Å². The summed E-state index contributed by atoms with van der Waals surface area (Å²) in [7, 11) is 1.67. The topological polar surface area (TPSA) is 30.5 Å². The zero-order chi connectivity index (χ0) is 13.4. The molecule has 0 aromatic heterocycles. The highest BCUT2D eigenvalue weighted by molar-refractivity contribution is 6.35. The van der Waals surface area contributed by atoms with Gasteiger partial charge < -0.3 is 14.8 Å². The van der Waals surface area contributed by atoms with Crippen molar-refractivity contribution in [1.82, 2.24) is 5.32 Å². The molecule has 102 valence electrons. The van der Waals surface area contributed by atoms with E-state index in [0.29, 0.717) is 35.6 Å². The van der Waals surface area contributed by atoms with Crippen LogP contribution in [0.3, 0.4) is 0 Å². The van der Waals surface area contributed by atoms with Crippen LogP contribution in [0.4, 0.5) is 0 Å². The molecule has 0 spiro atoms. The number of methoxy groups -OCH3 is 1. The molecule has 1 rings (SSSR count). The van der Waals surface area contributed by atoms with E-state index in [2.05, 4.69) is 5.32 Å². The highest BCUT2D eigenvalue weighted by atomic mass is 35.5. The number of hydrogen-bond acceptors (Lipinski definition) is 3. The summed E-state index contributed by atoms with van der Waals surface area (Å²) in [5, 5.41) is 4.41. The quantitative estimate of drug-likeness (QED) is 0.744. The number of nitrogens with one attached hydrogen (secondary N) is 1. The average molecular weight is 292 g/mol. The summed E-state index contributed by atoms with van der Waals surface area (Å²) in [6.45, 7) is 4.87. The minimum absolute atomic E-state index is 0.549. The first-order chi connectivity index (χ1) is 8.69. The maximum absolute atomic E-state index is 6.16. The van der Waals surface area contributed by atoms with Crippen molar-refractivity contribution in [2.24, 2.45) is 0 Å². The normalized spacial score (nSPS) is 10.7. The number of halogens is 2. The smallest absolute Gasteiger partial charge is 0.142 e. The molecule has 0 atom stereocenters. The fourth-order valence-electron chi connectivity index (χ4n) is 1.54. The predicted molar refractivity (Wildman–Crippen MR) is 75.8 cm³/mol. The average Bonchev–Trinajstić information content (AvgIpc) is 2.34. The van der Waals surface area contributed by atoms with Gasteiger partial charge in [-0.1, -0.05) is 30.1 Å². The van der Waals surface area contributed by atoms with E-state index in [9.17, 15) is 0 Å². The highest BCUT2D eigenvalue weighted by Crippen LogP contribution is 2.32. The Bertz CT molecular complexity index is 372. The van der Waals surface area contributed by atoms with Gasteiger partial charge in [-0.15, -0.1) is 0 Å². The van der Waals surface area contributed by atoms with Gasteiger partial charge in [0.15, 0.2) is 0 Å². The van der Waals surface area contributed by atoms with E-state index >= 15 is 0 Å². The van der Waals surface area contributed by atoms with Crippen molar-refractivity contribution in [3.05, 3.63) is 27.7 Å². The van der Waals surface area contributed by atoms with Gasteiger partial charge in [-0.25, -0.2) is 0 Å². The Labute approximate surface area is 118 Å². The molecule has 0 radical (unpaired) electrons. The molecule has 5 heteroatoms. The van der Waals surface area contributed by atoms with Crippen molar-refractivity contribution in [2.45, 2.75) is 19.9 Å². The van der Waals surface area contributed by atoms with Gasteiger partial charge in [-0.2, -0.15) is 0 Å². The summed E-state index contributed by atoms with van der Waals surface area (Å²) in [5.41, 5.74) is 0.978. The van der Waals surface area contributed by atoms with Crippen LogP contribution in [0.5, 0.6) is 5.75 Å². The standard InChI is InChI=1S/C13H19Cl2NO2/c1-3-16-9-10-7-11(14)8-12(15)13(10)18-6-4-5-17-2/h7-8,16H,3-6,9H2,1-2H3. The lowest BCUT2D eigenvalue weighted by molar-refractivity contribution is 0.172. The third-order valence-electron chi connectivity index (χ3n) is 2.39. The van der Waals surface area contributed by atoms with Crippen molar-refractivity contribution in [1.29, 1.82) is 0 Å². The van der Waals surface area contributed by atoms with Crippen LogP contribution in [0.2, 0.25) is 10.0 Å². The second-order valence-corrected chi connectivity index (χ2v) is 4.69. The van der Waals surface area contributed by atoms with Crippen LogP contribution in [0.1, 0.15) is 18.9 Å². The summed E-state index contributed by atoms with van der Waals surface area (Å²) in [4.78, 5) is 0. The maximum atomic E-state index is 6.16. The molecule has 0 bridgehead atoms. The van der Waals surface area contributed by atoms with Crippen LogP contribution >= 0.6 is 23.2 Å². The van der Waals surface area contributed by atoms with Crippen molar-refractivity contribution in [3.8, 4) is 5.75 Å². The Morgan fingerprint density at radius 2 is 2.00 bits per heavy atom. The van der Waals surface area contributed by atoms with Gasteiger partial charge in [0, 0.05) is 37.3 Å². The third kappa shape index (κ3) is 5.02. The molecule has 0 saturated heterocycles. The first-order valence-electron chi connectivity index (χ1n) is 5.99. The SMILES string of the molecule is CCNCc1cc(Cl)cc(Cl)c1OCCCOC. The van der Waals surface area contributed by atoms with E-state index in [1.54, 1.807) is 13.2 Å². The molecular formula is C13H19Cl2NO2.